The monoisotopic (exact) mass is 388 g/mol. The molecule has 3 aromatic rings. The first-order valence-electron chi connectivity index (χ1n) is 10.1. The number of hydrogen-bond donors (Lipinski definition) is 3. The maximum atomic E-state index is 12.1. The molecule has 0 spiro atoms. The molecule has 0 unspecified atom stereocenters. The Balaban J connectivity index is 1.63. The number of fused-ring (bicyclic) bond motifs is 2. The lowest BCUT2D eigenvalue weighted by Gasteiger charge is -2.19. The number of benzene rings is 1. The van der Waals surface area contributed by atoms with Crippen LogP contribution in [0.5, 0.6) is 0 Å². The Hall–Kier alpha value is -2.99. The fourth-order valence-electron chi connectivity index (χ4n) is 4.33. The van der Waals surface area contributed by atoms with Gasteiger partial charge < -0.3 is 16.2 Å². The molecule has 1 amide bonds. The molecule has 0 radical (unpaired) electrons. The van der Waals surface area contributed by atoms with Gasteiger partial charge in [-0.25, -0.2) is 9.97 Å². The number of nitrogens with zero attached hydrogens (tertiary/aromatic N) is 2. The number of pyridine rings is 2. The van der Waals surface area contributed by atoms with Gasteiger partial charge >= 0.3 is 0 Å². The zero-order valence-corrected chi connectivity index (χ0v) is 16.6. The van der Waals surface area contributed by atoms with Crippen LogP contribution >= 0.6 is 0 Å². The number of hydrogen-bond acceptors (Lipinski definition) is 5. The van der Waals surface area contributed by atoms with Crippen molar-refractivity contribution in [2.45, 2.75) is 45.1 Å². The van der Waals surface area contributed by atoms with Gasteiger partial charge in [0.25, 0.3) is 0 Å². The second kappa shape index (κ2) is 6.26. The summed E-state index contributed by atoms with van der Waals surface area (Å²) in [5.41, 5.74) is 10.5. The van der Waals surface area contributed by atoms with Gasteiger partial charge in [0.2, 0.25) is 5.91 Å². The number of nitrogens with two attached hydrogens (primary N) is 1. The summed E-state index contributed by atoms with van der Waals surface area (Å²) in [4.78, 5) is 21.1. The minimum Gasteiger partial charge on any atom is -0.385 e. The number of nitrogens with one attached hydrogen (secondary N) is 1. The largest absolute Gasteiger partial charge is 0.385 e. The average Bonchev–Trinajstić information content (AvgIpc) is 3.47. The normalized spacial score (nSPS) is 20.7. The zero-order chi connectivity index (χ0) is 20.3. The van der Waals surface area contributed by atoms with E-state index < -0.39 is 5.60 Å². The van der Waals surface area contributed by atoms with Crippen LogP contribution in [0.1, 0.15) is 42.9 Å². The number of nitrogen functional groups attached to an aromatic ring is 1. The lowest BCUT2D eigenvalue weighted by atomic mass is 9.91. The van der Waals surface area contributed by atoms with Crippen molar-refractivity contribution in [2.24, 2.45) is 5.92 Å². The Morgan fingerprint density at radius 2 is 2.10 bits per heavy atom. The molecule has 2 aliphatic carbocycles. The number of rotatable bonds is 3. The smallest absolute Gasteiger partial charge is 0.228 e. The van der Waals surface area contributed by atoms with Gasteiger partial charge in [0.05, 0.1) is 11.3 Å². The summed E-state index contributed by atoms with van der Waals surface area (Å²) in [6.45, 7) is 3.92. The van der Waals surface area contributed by atoms with E-state index in [0.29, 0.717) is 18.1 Å². The summed E-state index contributed by atoms with van der Waals surface area (Å²) in [7, 11) is 0. The Kier molecular flexibility index (Phi) is 3.90. The molecular weight excluding hydrogens is 364 g/mol. The van der Waals surface area contributed by atoms with Gasteiger partial charge in [-0.2, -0.15) is 0 Å². The highest BCUT2D eigenvalue weighted by molar-refractivity contribution is 5.98. The van der Waals surface area contributed by atoms with Crippen LogP contribution in [0.4, 0.5) is 11.6 Å². The standard InChI is InChI=1S/C23H24N4O2/c1-12-3-6-17-15(7-8-23(17,2)29)20(12)18-9-14-10-19(27-22(28)13-4-5-13)25-11-16(14)21(24)26-18/h3,6,9-11,13,29H,4-5,7-8H2,1-2H3,(H2,24,26)(H,25,27,28)/t23-/m1/s1. The van der Waals surface area contributed by atoms with Gasteiger partial charge in [0.15, 0.2) is 0 Å². The SMILES string of the molecule is Cc1ccc2c(c1-c1cc3cc(NC(=O)C4CC4)ncc3c(N)n1)CC[C@@]2(C)O. The number of aromatic nitrogens is 2. The van der Waals surface area contributed by atoms with Crippen LogP contribution in [0, 0.1) is 12.8 Å². The number of aliphatic hydroxyl groups is 1. The summed E-state index contributed by atoms with van der Waals surface area (Å²) >= 11 is 0. The molecule has 6 heteroatoms. The molecule has 4 N–H and O–H groups in total. The quantitative estimate of drug-likeness (QED) is 0.635. The van der Waals surface area contributed by atoms with Crippen molar-refractivity contribution in [3.63, 3.8) is 0 Å². The summed E-state index contributed by atoms with van der Waals surface area (Å²) in [6, 6.07) is 7.90. The molecule has 29 heavy (non-hydrogen) atoms. The van der Waals surface area contributed by atoms with Crippen LogP contribution in [0.3, 0.4) is 0 Å². The molecule has 1 atom stereocenters. The first-order chi connectivity index (χ1) is 13.8. The molecule has 2 aliphatic rings. The molecule has 1 saturated carbocycles. The van der Waals surface area contributed by atoms with Crippen LogP contribution in [0.25, 0.3) is 22.0 Å². The third-order valence-corrected chi connectivity index (χ3v) is 6.16. The lowest BCUT2D eigenvalue weighted by Crippen LogP contribution is -2.16. The van der Waals surface area contributed by atoms with Gasteiger partial charge in [0.1, 0.15) is 11.6 Å². The summed E-state index contributed by atoms with van der Waals surface area (Å²) in [5, 5.41) is 15.3. The fraction of sp³-hybridized carbons (Fsp3) is 0.348. The summed E-state index contributed by atoms with van der Waals surface area (Å²) in [5.74, 6) is 1.08. The van der Waals surface area contributed by atoms with E-state index in [0.717, 1.165) is 58.0 Å². The molecule has 6 nitrogen and oxygen atoms in total. The van der Waals surface area contributed by atoms with E-state index in [1.165, 1.54) is 0 Å². The fourth-order valence-corrected chi connectivity index (χ4v) is 4.33. The zero-order valence-electron chi connectivity index (χ0n) is 16.6. The Bertz CT molecular complexity index is 1170. The van der Waals surface area contributed by atoms with Crippen molar-refractivity contribution in [1.29, 1.82) is 0 Å². The van der Waals surface area contributed by atoms with Crippen LogP contribution < -0.4 is 11.1 Å². The van der Waals surface area contributed by atoms with E-state index in [1.54, 1.807) is 6.20 Å². The maximum absolute atomic E-state index is 12.1. The molecule has 0 aliphatic heterocycles. The van der Waals surface area contributed by atoms with Crippen LogP contribution in [0.15, 0.2) is 30.5 Å². The molecule has 0 saturated heterocycles. The van der Waals surface area contributed by atoms with E-state index in [4.69, 9.17) is 5.73 Å². The maximum Gasteiger partial charge on any atom is 0.228 e. The number of amides is 1. The van der Waals surface area contributed by atoms with Gasteiger partial charge in [-0.15, -0.1) is 0 Å². The molecule has 2 aromatic heterocycles. The van der Waals surface area contributed by atoms with Gasteiger partial charge in [-0.3, -0.25) is 4.79 Å². The predicted octanol–water partition coefficient (Wildman–Crippen LogP) is 3.69. The number of aryl methyl sites for hydroxylation is 1. The van der Waals surface area contributed by atoms with Crippen LogP contribution in [-0.2, 0) is 16.8 Å². The van der Waals surface area contributed by atoms with Crippen molar-refractivity contribution in [1.82, 2.24) is 9.97 Å². The van der Waals surface area contributed by atoms with Crippen LogP contribution in [-0.4, -0.2) is 21.0 Å². The topological polar surface area (TPSA) is 101 Å². The second-order valence-electron chi connectivity index (χ2n) is 8.50. The Morgan fingerprint density at radius 1 is 1.31 bits per heavy atom. The number of carbonyl (C=O) groups is 1. The van der Waals surface area contributed by atoms with Crippen molar-refractivity contribution in [3.05, 3.63) is 47.2 Å². The molecule has 5 rings (SSSR count). The molecule has 1 fully saturated rings. The van der Waals surface area contributed by atoms with Crippen molar-refractivity contribution in [3.8, 4) is 11.3 Å². The molecule has 0 bridgehead atoms. The number of carbonyl (C=O) groups excluding carboxylic acids is 1. The molecule has 1 aromatic carbocycles. The Morgan fingerprint density at radius 3 is 2.86 bits per heavy atom. The third-order valence-electron chi connectivity index (χ3n) is 6.16. The first-order valence-corrected chi connectivity index (χ1v) is 10.1. The Labute approximate surface area is 169 Å². The molecule has 148 valence electrons. The summed E-state index contributed by atoms with van der Waals surface area (Å²) in [6.07, 6.45) is 5.06. The van der Waals surface area contributed by atoms with E-state index in [1.807, 2.05) is 31.2 Å². The van der Waals surface area contributed by atoms with Crippen molar-refractivity contribution < 1.29 is 9.90 Å². The van der Waals surface area contributed by atoms with Crippen molar-refractivity contribution >= 4 is 28.3 Å². The molecule has 2 heterocycles. The van der Waals surface area contributed by atoms with E-state index >= 15 is 0 Å². The average molecular weight is 388 g/mol. The highest BCUT2D eigenvalue weighted by Gasteiger charge is 2.34. The van der Waals surface area contributed by atoms with Gasteiger partial charge in [0, 0.05) is 23.1 Å². The van der Waals surface area contributed by atoms with E-state index in [2.05, 4.69) is 22.2 Å². The minimum absolute atomic E-state index is 0.0260. The van der Waals surface area contributed by atoms with E-state index in [-0.39, 0.29) is 11.8 Å². The summed E-state index contributed by atoms with van der Waals surface area (Å²) < 4.78 is 0. The highest BCUT2D eigenvalue weighted by atomic mass is 16.3. The van der Waals surface area contributed by atoms with E-state index in [9.17, 15) is 9.90 Å². The predicted molar refractivity (Wildman–Crippen MR) is 113 cm³/mol. The first kappa shape index (κ1) is 18.1. The third kappa shape index (κ3) is 3.04. The number of anilines is 2. The van der Waals surface area contributed by atoms with Crippen molar-refractivity contribution in [2.75, 3.05) is 11.1 Å². The lowest BCUT2D eigenvalue weighted by molar-refractivity contribution is -0.117. The molecular formula is C23H24N4O2. The minimum atomic E-state index is -0.815. The van der Waals surface area contributed by atoms with Crippen LogP contribution in [0.2, 0.25) is 0 Å². The van der Waals surface area contributed by atoms with Gasteiger partial charge in [-0.05, 0) is 73.7 Å². The van der Waals surface area contributed by atoms with Gasteiger partial charge in [-0.1, -0.05) is 12.1 Å². The second-order valence-corrected chi connectivity index (χ2v) is 8.50. The highest BCUT2D eigenvalue weighted by Crippen LogP contribution is 2.43.